The number of aryl methyl sites for hydroxylation is 1. The van der Waals surface area contributed by atoms with Crippen LogP contribution in [0.15, 0.2) is 30.3 Å². The average Bonchev–Trinajstić information content (AvgIpc) is 2.66. The molecule has 1 saturated heterocycles. The molecule has 1 N–H and O–H groups in total. The number of likely N-dealkylation sites (N-methyl/N-ethyl adjacent to an activating group) is 1. The molecule has 2 aromatic rings. The molecule has 1 amide bonds. The minimum atomic E-state index is -0.265. The van der Waals surface area contributed by atoms with Gasteiger partial charge in [-0.1, -0.05) is 0 Å². The molecule has 29 heavy (non-hydrogen) atoms. The van der Waals surface area contributed by atoms with E-state index >= 15 is 0 Å². The molecule has 2 unspecified atom stereocenters. The second-order valence-corrected chi connectivity index (χ2v) is 7.83. The number of anilines is 4. The number of nitrogens with zero attached hydrogens (tertiary/aromatic N) is 2. The number of benzene rings is 2. The summed E-state index contributed by atoms with van der Waals surface area (Å²) in [4.78, 5) is 15.4. The van der Waals surface area contributed by atoms with Crippen LogP contribution in [-0.4, -0.2) is 44.9 Å². The predicted molar refractivity (Wildman–Crippen MR) is 112 cm³/mol. The van der Waals surface area contributed by atoms with E-state index in [1.54, 1.807) is 11.9 Å². The maximum Gasteiger partial charge on any atom is 0.264 e. The third-order valence-electron chi connectivity index (χ3n) is 5.38. The fourth-order valence-electron chi connectivity index (χ4n) is 3.93. The van der Waals surface area contributed by atoms with E-state index in [-0.39, 0.29) is 30.5 Å². The van der Waals surface area contributed by atoms with Crippen molar-refractivity contribution in [3.05, 3.63) is 41.7 Å². The molecule has 4 rings (SSSR count). The summed E-state index contributed by atoms with van der Waals surface area (Å²) in [5.41, 5.74) is 3.74. The molecule has 0 radical (unpaired) electrons. The fourth-order valence-corrected chi connectivity index (χ4v) is 3.93. The van der Waals surface area contributed by atoms with Gasteiger partial charge in [0.25, 0.3) is 5.91 Å². The van der Waals surface area contributed by atoms with Gasteiger partial charge in [0, 0.05) is 37.6 Å². The minimum absolute atomic E-state index is 0.0195. The van der Waals surface area contributed by atoms with Gasteiger partial charge in [-0.05, 0) is 50.6 Å². The summed E-state index contributed by atoms with van der Waals surface area (Å²) in [6, 6.07) is 8.92. The minimum Gasteiger partial charge on any atom is -0.481 e. The van der Waals surface area contributed by atoms with Crippen molar-refractivity contribution in [2.45, 2.75) is 33.0 Å². The van der Waals surface area contributed by atoms with Gasteiger partial charge in [-0.25, -0.2) is 4.39 Å². The quantitative estimate of drug-likeness (QED) is 0.850. The number of morpholine rings is 1. The number of halogens is 1. The van der Waals surface area contributed by atoms with E-state index < -0.39 is 0 Å². The van der Waals surface area contributed by atoms with Crippen LogP contribution in [0.4, 0.5) is 27.1 Å². The number of carbonyl (C=O) groups excluding carboxylic acids is 1. The number of ether oxygens (including phenoxy) is 2. The molecule has 2 atom stereocenters. The fraction of sp³-hybridized carbons (Fsp3) is 0.409. The van der Waals surface area contributed by atoms with Crippen molar-refractivity contribution in [1.82, 2.24) is 0 Å². The van der Waals surface area contributed by atoms with Crippen molar-refractivity contribution in [2.24, 2.45) is 0 Å². The van der Waals surface area contributed by atoms with Crippen molar-refractivity contribution < 1.29 is 18.7 Å². The lowest BCUT2D eigenvalue weighted by Gasteiger charge is -2.37. The molecule has 1 fully saturated rings. The van der Waals surface area contributed by atoms with Crippen molar-refractivity contribution >= 4 is 28.7 Å². The third kappa shape index (κ3) is 3.87. The number of amides is 1. The summed E-state index contributed by atoms with van der Waals surface area (Å²) in [6.07, 6.45) is 0.133. The highest BCUT2D eigenvalue weighted by molar-refractivity contribution is 5.97. The Kier molecular flexibility index (Phi) is 5.08. The van der Waals surface area contributed by atoms with Gasteiger partial charge in [0.1, 0.15) is 11.6 Å². The monoisotopic (exact) mass is 399 g/mol. The molecule has 6 nitrogen and oxygen atoms in total. The highest BCUT2D eigenvalue weighted by Crippen LogP contribution is 2.36. The van der Waals surface area contributed by atoms with E-state index in [1.165, 1.54) is 6.07 Å². The number of nitrogens with one attached hydrogen (secondary N) is 1. The van der Waals surface area contributed by atoms with Gasteiger partial charge in [-0.15, -0.1) is 0 Å². The highest BCUT2D eigenvalue weighted by atomic mass is 19.1. The maximum atomic E-state index is 14.9. The Bertz CT molecular complexity index is 939. The Balaban J connectivity index is 1.57. The Hall–Kier alpha value is -2.80. The molecule has 0 spiro atoms. The van der Waals surface area contributed by atoms with Crippen LogP contribution >= 0.6 is 0 Å². The smallest absolute Gasteiger partial charge is 0.264 e. The zero-order valence-electron chi connectivity index (χ0n) is 17.2. The molecule has 154 valence electrons. The molecule has 0 aromatic heterocycles. The van der Waals surface area contributed by atoms with E-state index in [0.29, 0.717) is 30.2 Å². The topological polar surface area (TPSA) is 54.0 Å². The molecule has 2 heterocycles. The molecule has 2 aliphatic heterocycles. The lowest BCUT2D eigenvalue weighted by Crippen LogP contribution is -2.45. The first-order valence-electron chi connectivity index (χ1n) is 9.83. The van der Waals surface area contributed by atoms with Crippen LogP contribution < -0.4 is 19.9 Å². The molecular formula is C22H26FN3O3. The molecule has 0 aliphatic carbocycles. The Morgan fingerprint density at radius 2 is 1.83 bits per heavy atom. The molecule has 0 bridgehead atoms. The zero-order valence-corrected chi connectivity index (χ0v) is 17.2. The number of rotatable bonds is 3. The molecule has 7 heteroatoms. The standard InChI is InChI=1S/C22H26FN3O3/c1-13-7-20(26-10-14(2)29-15(3)11-26)17(23)9-18(13)24-16-5-6-19-21(8-16)28-12-22(27)25(19)4/h5-9,14-15,24H,10-12H2,1-4H3. The predicted octanol–water partition coefficient (Wildman–Crippen LogP) is 3.85. The van der Waals surface area contributed by atoms with Crippen molar-refractivity contribution in [3.8, 4) is 5.75 Å². The number of carbonyl (C=O) groups is 1. The first kappa shape index (κ1) is 19.5. The molecule has 2 aromatic carbocycles. The van der Waals surface area contributed by atoms with Crippen LogP contribution in [0.5, 0.6) is 5.75 Å². The SMILES string of the molecule is Cc1cc(N2CC(C)OC(C)C2)c(F)cc1Nc1ccc2c(c1)OCC(=O)N2C. The van der Waals surface area contributed by atoms with E-state index in [1.807, 2.05) is 49.9 Å². The summed E-state index contributed by atoms with van der Waals surface area (Å²) >= 11 is 0. The van der Waals surface area contributed by atoms with Crippen LogP contribution in [0.25, 0.3) is 0 Å². The van der Waals surface area contributed by atoms with Crippen molar-refractivity contribution in [3.63, 3.8) is 0 Å². The van der Waals surface area contributed by atoms with E-state index in [4.69, 9.17) is 9.47 Å². The molecule has 0 saturated carbocycles. The van der Waals surface area contributed by atoms with Gasteiger partial charge >= 0.3 is 0 Å². The van der Waals surface area contributed by atoms with Gasteiger partial charge in [0.15, 0.2) is 6.61 Å². The summed E-state index contributed by atoms with van der Waals surface area (Å²) in [6.45, 7) is 7.33. The van der Waals surface area contributed by atoms with Crippen LogP contribution in [0.3, 0.4) is 0 Å². The number of hydrogen-bond acceptors (Lipinski definition) is 5. The summed E-state index contributed by atoms with van der Waals surface area (Å²) in [5.74, 6) is 0.278. The lowest BCUT2D eigenvalue weighted by molar-refractivity contribution is -0.120. The molecular weight excluding hydrogens is 373 g/mol. The Morgan fingerprint density at radius 1 is 1.10 bits per heavy atom. The summed E-state index contributed by atoms with van der Waals surface area (Å²) in [5, 5.41) is 3.27. The number of fused-ring (bicyclic) bond motifs is 1. The highest BCUT2D eigenvalue weighted by Gasteiger charge is 2.25. The maximum absolute atomic E-state index is 14.9. The van der Waals surface area contributed by atoms with E-state index in [9.17, 15) is 9.18 Å². The van der Waals surface area contributed by atoms with E-state index in [0.717, 1.165) is 16.9 Å². The van der Waals surface area contributed by atoms with Crippen molar-refractivity contribution in [1.29, 1.82) is 0 Å². The van der Waals surface area contributed by atoms with Gasteiger partial charge in [-0.3, -0.25) is 4.79 Å². The van der Waals surface area contributed by atoms with Crippen LogP contribution in [-0.2, 0) is 9.53 Å². The summed E-state index contributed by atoms with van der Waals surface area (Å²) < 4.78 is 26.2. The van der Waals surface area contributed by atoms with Gasteiger partial charge in [-0.2, -0.15) is 0 Å². The number of hydrogen-bond donors (Lipinski definition) is 1. The first-order valence-corrected chi connectivity index (χ1v) is 9.83. The Morgan fingerprint density at radius 3 is 2.55 bits per heavy atom. The third-order valence-corrected chi connectivity index (χ3v) is 5.38. The average molecular weight is 399 g/mol. The molecule has 2 aliphatic rings. The normalized spacial score (nSPS) is 21.6. The second-order valence-electron chi connectivity index (χ2n) is 7.83. The Labute approximate surface area is 170 Å². The lowest BCUT2D eigenvalue weighted by atomic mass is 10.1. The first-order chi connectivity index (χ1) is 13.8. The largest absolute Gasteiger partial charge is 0.481 e. The van der Waals surface area contributed by atoms with Crippen molar-refractivity contribution in [2.75, 3.05) is 41.9 Å². The van der Waals surface area contributed by atoms with Gasteiger partial charge in [0.2, 0.25) is 0 Å². The zero-order chi connectivity index (χ0) is 20.7. The van der Waals surface area contributed by atoms with Crippen LogP contribution in [0.1, 0.15) is 19.4 Å². The van der Waals surface area contributed by atoms with Crippen LogP contribution in [0.2, 0.25) is 0 Å². The van der Waals surface area contributed by atoms with Gasteiger partial charge in [0.05, 0.1) is 23.6 Å². The van der Waals surface area contributed by atoms with E-state index in [2.05, 4.69) is 5.32 Å². The summed E-state index contributed by atoms with van der Waals surface area (Å²) in [7, 11) is 1.72. The van der Waals surface area contributed by atoms with Gasteiger partial charge < -0.3 is 24.6 Å². The van der Waals surface area contributed by atoms with Crippen LogP contribution in [0, 0.1) is 12.7 Å². The second kappa shape index (κ2) is 7.55.